The zero-order valence-corrected chi connectivity index (χ0v) is 9.22. The Hall–Kier alpha value is -0.370. The van der Waals surface area contributed by atoms with Gasteiger partial charge in [-0.15, -0.1) is 0 Å². The van der Waals surface area contributed by atoms with Gasteiger partial charge in [0.2, 0.25) is 0 Å². The Morgan fingerprint density at radius 3 is 3.00 bits per heavy atom. The smallest absolute Gasteiger partial charge is 0.115 e. The van der Waals surface area contributed by atoms with E-state index in [0.717, 1.165) is 25.8 Å². The van der Waals surface area contributed by atoms with Crippen LogP contribution in [0.1, 0.15) is 33.1 Å². The number of hydrogen-bond donors (Lipinski definition) is 0. The van der Waals surface area contributed by atoms with E-state index in [2.05, 4.69) is 25.3 Å². The molecule has 2 heteroatoms. The van der Waals surface area contributed by atoms with Crippen LogP contribution in [-0.2, 0) is 0 Å². The predicted octanol–water partition coefficient (Wildman–Crippen LogP) is 2.78. The molecule has 0 bridgehead atoms. The molecule has 0 aromatic carbocycles. The van der Waals surface area contributed by atoms with Crippen molar-refractivity contribution in [3.05, 3.63) is 12.2 Å². The molecule has 0 aromatic heterocycles. The predicted molar refractivity (Wildman–Crippen MR) is 57.0 cm³/mol. The van der Waals surface area contributed by atoms with Gasteiger partial charge in [0.15, 0.2) is 0 Å². The van der Waals surface area contributed by atoms with Crippen molar-refractivity contribution in [3.8, 4) is 0 Å². The first-order chi connectivity index (χ1) is 6.52. The standard InChI is InChI=1S/C12H20FN/c1-9(2)4-12-5-10(3)7-14(12)8-11(13)6-12/h9,11H,3-8H2,1-2H3/t11-,12+/m0/s1. The number of fused-ring (bicyclic) bond motifs is 1. The van der Waals surface area contributed by atoms with Crippen LogP contribution in [0.4, 0.5) is 4.39 Å². The summed E-state index contributed by atoms with van der Waals surface area (Å²) < 4.78 is 13.4. The molecule has 0 saturated carbocycles. The third-order valence-corrected chi connectivity index (χ3v) is 3.47. The van der Waals surface area contributed by atoms with E-state index in [9.17, 15) is 4.39 Å². The van der Waals surface area contributed by atoms with E-state index in [1.165, 1.54) is 5.57 Å². The van der Waals surface area contributed by atoms with Gasteiger partial charge in [-0.25, -0.2) is 4.39 Å². The molecule has 2 fully saturated rings. The summed E-state index contributed by atoms with van der Waals surface area (Å²) >= 11 is 0. The van der Waals surface area contributed by atoms with E-state index in [4.69, 9.17) is 0 Å². The van der Waals surface area contributed by atoms with Crippen molar-refractivity contribution in [3.63, 3.8) is 0 Å². The van der Waals surface area contributed by atoms with Crippen LogP contribution in [0.5, 0.6) is 0 Å². The lowest BCUT2D eigenvalue weighted by Gasteiger charge is -2.32. The number of alkyl halides is 1. The van der Waals surface area contributed by atoms with Gasteiger partial charge in [-0.1, -0.05) is 26.0 Å². The number of nitrogens with zero attached hydrogens (tertiary/aromatic N) is 1. The van der Waals surface area contributed by atoms with Crippen molar-refractivity contribution in [2.45, 2.75) is 44.8 Å². The molecule has 2 aliphatic rings. The summed E-state index contributed by atoms with van der Waals surface area (Å²) in [5.74, 6) is 0.647. The molecular weight excluding hydrogens is 177 g/mol. The summed E-state index contributed by atoms with van der Waals surface area (Å²) in [5.41, 5.74) is 1.42. The maximum absolute atomic E-state index is 13.4. The lowest BCUT2D eigenvalue weighted by molar-refractivity contribution is 0.163. The molecule has 1 nitrogen and oxygen atoms in total. The van der Waals surface area contributed by atoms with Crippen molar-refractivity contribution in [1.29, 1.82) is 0 Å². The second-order valence-corrected chi connectivity index (χ2v) is 5.43. The minimum Gasteiger partial charge on any atom is -0.290 e. The maximum Gasteiger partial charge on any atom is 0.115 e. The highest BCUT2D eigenvalue weighted by Crippen LogP contribution is 2.45. The minimum absolute atomic E-state index is 0.130. The largest absolute Gasteiger partial charge is 0.290 e. The Balaban J connectivity index is 2.16. The van der Waals surface area contributed by atoms with Crippen molar-refractivity contribution < 1.29 is 4.39 Å². The highest BCUT2D eigenvalue weighted by Gasteiger charge is 2.49. The zero-order valence-electron chi connectivity index (χ0n) is 9.22. The molecule has 2 heterocycles. The molecule has 0 N–H and O–H groups in total. The van der Waals surface area contributed by atoms with Gasteiger partial charge in [0.25, 0.3) is 0 Å². The van der Waals surface area contributed by atoms with Crippen molar-refractivity contribution in [2.75, 3.05) is 13.1 Å². The second-order valence-electron chi connectivity index (χ2n) is 5.43. The summed E-state index contributed by atoms with van der Waals surface area (Å²) in [4.78, 5) is 2.32. The van der Waals surface area contributed by atoms with E-state index >= 15 is 0 Å². The molecular formula is C12H20FN. The van der Waals surface area contributed by atoms with E-state index < -0.39 is 6.17 Å². The average molecular weight is 197 g/mol. The van der Waals surface area contributed by atoms with E-state index in [0.29, 0.717) is 12.5 Å². The summed E-state index contributed by atoms with van der Waals surface area (Å²) in [5, 5.41) is 0. The topological polar surface area (TPSA) is 3.24 Å². The highest BCUT2D eigenvalue weighted by atomic mass is 19.1. The van der Waals surface area contributed by atoms with Crippen LogP contribution in [0.25, 0.3) is 0 Å². The monoisotopic (exact) mass is 197 g/mol. The SMILES string of the molecule is C=C1CN2C[C@@H](F)C[C@@]2(CC(C)C)C1. The highest BCUT2D eigenvalue weighted by molar-refractivity contribution is 5.19. The number of rotatable bonds is 2. The van der Waals surface area contributed by atoms with Crippen LogP contribution in [0.3, 0.4) is 0 Å². The molecule has 0 aliphatic carbocycles. The molecule has 0 radical (unpaired) electrons. The lowest BCUT2D eigenvalue weighted by Crippen LogP contribution is -2.39. The first kappa shape index (κ1) is 10.2. The van der Waals surface area contributed by atoms with Gasteiger partial charge in [0, 0.05) is 18.6 Å². The molecule has 0 unspecified atom stereocenters. The average Bonchev–Trinajstić information content (AvgIpc) is 2.36. The Kier molecular flexibility index (Phi) is 2.42. The van der Waals surface area contributed by atoms with Crippen LogP contribution in [0.2, 0.25) is 0 Å². The Bertz CT molecular complexity index is 249. The van der Waals surface area contributed by atoms with Crippen LogP contribution in [-0.4, -0.2) is 29.7 Å². The number of hydrogen-bond acceptors (Lipinski definition) is 1. The normalized spacial score (nSPS) is 38.3. The molecule has 0 aromatic rings. The van der Waals surface area contributed by atoms with Gasteiger partial charge >= 0.3 is 0 Å². The Morgan fingerprint density at radius 1 is 1.64 bits per heavy atom. The van der Waals surface area contributed by atoms with Crippen LogP contribution in [0.15, 0.2) is 12.2 Å². The molecule has 2 rings (SSSR count). The maximum atomic E-state index is 13.4. The summed E-state index contributed by atoms with van der Waals surface area (Å²) in [7, 11) is 0. The summed E-state index contributed by atoms with van der Waals surface area (Å²) in [6.45, 7) is 10.0. The second kappa shape index (κ2) is 3.34. The third kappa shape index (κ3) is 1.60. The Morgan fingerprint density at radius 2 is 2.36 bits per heavy atom. The van der Waals surface area contributed by atoms with Crippen LogP contribution < -0.4 is 0 Å². The summed E-state index contributed by atoms with van der Waals surface area (Å²) in [6.07, 6.45) is 2.25. The molecule has 2 aliphatic heterocycles. The fraction of sp³-hybridized carbons (Fsp3) is 0.833. The van der Waals surface area contributed by atoms with Crippen molar-refractivity contribution >= 4 is 0 Å². The first-order valence-electron chi connectivity index (χ1n) is 5.58. The minimum atomic E-state index is -0.609. The molecule has 14 heavy (non-hydrogen) atoms. The van der Waals surface area contributed by atoms with Crippen LogP contribution >= 0.6 is 0 Å². The fourth-order valence-electron chi connectivity index (χ4n) is 3.29. The van der Waals surface area contributed by atoms with Gasteiger partial charge < -0.3 is 0 Å². The molecule has 0 spiro atoms. The molecule has 80 valence electrons. The third-order valence-electron chi connectivity index (χ3n) is 3.47. The van der Waals surface area contributed by atoms with Gasteiger partial charge in [0.05, 0.1) is 0 Å². The van der Waals surface area contributed by atoms with E-state index in [1.54, 1.807) is 0 Å². The molecule has 2 atom stereocenters. The van der Waals surface area contributed by atoms with Crippen molar-refractivity contribution in [1.82, 2.24) is 4.90 Å². The van der Waals surface area contributed by atoms with Gasteiger partial charge in [0.1, 0.15) is 6.17 Å². The van der Waals surface area contributed by atoms with E-state index in [-0.39, 0.29) is 5.54 Å². The molecule has 0 amide bonds. The van der Waals surface area contributed by atoms with Crippen molar-refractivity contribution in [2.24, 2.45) is 5.92 Å². The zero-order chi connectivity index (χ0) is 10.3. The molecule has 2 saturated heterocycles. The quantitative estimate of drug-likeness (QED) is 0.615. The Labute approximate surface area is 86.0 Å². The van der Waals surface area contributed by atoms with Crippen LogP contribution in [0, 0.1) is 5.92 Å². The van der Waals surface area contributed by atoms with Gasteiger partial charge in [-0.2, -0.15) is 0 Å². The fourth-order valence-corrected chi connectivity index (χ4v) is 3.29. The van der Waals surface area contributed by atoms with E-state index in [1.807, 2.05) is 0 Å². The lowest BCUT2D eigenvalue weighted by atomic mass is 9.84. The first-order valence-corrected chi connectivity index (χ1v) is 5.58. The summed E-state index contributed by atoms with van der Waals surface area (Å²) in [6, 6.07) is 0. The van der Waals surface area contributed by atoms with Gasteiger partial charge in [-0.05, 0) is 25.2 Å². The number of halogens is 1. The van der Waals surface area contributed by atoms with Gasteiger partial charge in [-0.3, -0.25) is 4.90 Å².